The lowest BCUT2D eigenvalue weighted by Crippen LogP contribution is -2.44. The molecule has 6 nitrogen and oxygen atoms in total. The molecule has 1 atom stereocenters. The van der Waals surface area contributed by atoms with Crippen molar-refractivity contribution in [1.29, 1.82) is 0 Å². The van der Waals surface area contributed by atoms with Gasteiger partial charge in [-0.25, -0.2) is 18.3 Å². The Morgan fingerprint density at radius 2 is 2.07 bits per heavy atom. The molecule has 29 heavy (non-hydrogen) atoms. The number of hydrogen-bond acceptors (Lipinski definition) is 4. The smallest absolute Gasteiger partial charge is 0.280 e. The zero-order chi connectivity index (χ0) is 21.2. The van der Waals surface area contributed by atoms with Gasteiger partial charge in [0.25, 0.3) is 12.3 Å². The van der Waals surface area contributed by atoms with E-state index < -0.39 is 17.9 Å². The van der Waals surface area contributed by atoms with E-state index in [4.69, 9.17) is 11.2 Å². The fourth-order valence-electron chi connectivity index (χ4n) is 2.76. The molecule has 3 rings (SSSR count). The number of terminal acetylenes is 1. The van der Waals surface area contributed by atoms with Crippen LogP contribution in [0.3, 0.4) is 0 Å². The van der Waals surface area contributed by atoms with Crippen molar-refractivity contribution in [2.75, 3.05) is 7.11 Å². The molecule has 0 aliphatic carbocycles. The van der Waals surface area contributed by atoms with Gasteiger partial charge in [0.1, 0.15) is 17.0 Å². The van der Waals surface area contributed by atoms with E-state index in [0.29, 0.717) is 23.4 Å². The lowest BCUT2D eigenvalue weighted by Gasteiger charge is -2.22. The van der Waals surface area contributed by atoms with E-state index in [-0.39, 0.29) is 16.9 Å². The van der Waals surface area contributed by atoms with Crippen LogP contribution >= 0.6 is 0 Å². The topological polar surface area (TPSA) is 68.5 Å². The average molecular weight is 398 g/mol. The van der Waals surface area contributed by atoms with Gasteiger partial charge in [0.2, 0.25) is 0 Å². The van der Waals surface area contributed by atoms with Gasteiger partial charge < -0.3 is 10.1 Å². The van der Waals surface area contributed by atoms with E-state index >= 15 is 0 Å². The summed E-state index contributed by atoms with van der Waals surface area (Å²) >= 11 is 0. The molecule has 2 aromatic heterocycles. The van der Waals surface area contributed by atoms with E-state index in [9.17, 15) is 13.6 Å². The SMILES string of the molecule is C#CC(C)(CC)NC(=O)c1cnn2c(C(F)F)cc(-c3ccc(OC)cc3)nc12. The van der Waals surface area contributed by atoms with Crippen molar-refractivity contribution < 1.29 is 18.3 Å². The maximum Gasteiger partial charge on any atom is 0.280 e. The van der Waals surface area contributed by atoms with Crippen molar-refractivity contribution in [3.8, 4) is 29.4 Å². The van der Waals surface area contributed by atoms with Crippen molar-refractivity contribution in [3.05, 3.63) is 47.8 Å². The Bertz CT molecular complexity index is 1090. The Hall–Kier alpha value is -3.47. The predicted octanol–water partition coefficient (Wildman–Crippen LogP) is 3.87. The molecule has 1 unspecified atom stereocenters. The van der Waals surface area contributed by atoms with Crippen LogP contribution in [0.15, 0.2) is 36.5 Å². The summed E-state index contributed by atoms with van der Waals surface area (Å²) in [5.41, 5.74) is -0.247. The number of ether oxygens (including phenoxy) is 1. The highest BCUT2D eigenvalue weighted by Gasteiger charge is 2.26. The van der Waals surface area contributed by atoms with Gasteiger partial charge in [0.05, 0.1) is 24.5 Å². The molecule has 1 N–H and O–H groups in total. The number of halogens is 2. The highest BCUT2D eigenvalue weighted by atomic mass is 19.3. The van der Waals surface area contributed by atoms with Gasteiger partial charge in [-0.15, -0.1) is 6.42 Å². The molecule has 0 spiro atoms. The van der Waals surface area contributed by atoms with Crippen molar-refractivity contribution in [1.82, 2.24) is 19.9 Å². The van der Waals surface area contributed by atoms with Crippen LogP contribution in [0, 0.1) is 12.3 Å². The number of amides is 1. The minimum Gasteiger partial charge on any atom is -0.497 e. The summed E-state index contributed by atoms with van der Waals surface area (Å²) in [6.07, 6.45) is 4.42. The van der Waals surface area contributed by atoms with Gasteiger partial charge in [-0.2, -0.15) is 5.10 Å². The summed E-state index contributed by atoms with van der Waals surface area (Å²) in [5, 5.41) is 6.68. The molecule has 0 bridgehead atoms. The minimum atomic E-state index is -2.81. The standard InChI is InChI=1S/C21H20F2N4O2/c1-5-21(3,6-2)26-20(28)15-12-24-27-17(18(22)23)11-16(25-19(15)27)13-7-9-14(29-4)10-8-13/h1,7-12,18H,6H2,2-4H3,(H,26,28). The summed E-state index contributed by atoms with van der Waals surface area (Å²) < 4.78 is 33.4. The van der Waals surface area contributed by atoms with Gasteiger partial charge in [-0.05, 0) is 43.7 Å². The first-order valence-electron chi connectivity index (χ1n) is 8.93. The van der Waals surface area contributed by atoms with E-state index in [0.717, 1.165) is 4.52 Å². The molecule has 0 fully saturated rings. The van der Waals surface area contributed by atoms with E-state index in [1.54, 1.807) is 31.2 Å². The molecule has 2 heterocycles. The Morgan fingerprint density at radius 1 is 1.38 bits per heavy atom. The third-order valence-electron chi connectivity index (χ3n) is 4.77. The summed E-state index contributed by atoms with van der Waals surface area (Å²) in [5.74, 6) is 2.64. The molecule has 0 saturated carbocycles. The molecular weight excluding hydrogens is 378 g/mol. The number of aromatic nitrogens is 3. The van der Waals surface area contributed by atoms with Crippen LogP contribution in [0.5, 0.6) is 5.75 Å². The molecule has 0 aliphatic rings. The predicted molar refractivity (Wildman–Crippen MR) is 105 cm³/mol. The van der Waals surface area contributed by atoms with E-state index in [1.807, 2.05) is 6.92 Å². The van der Waals surface area contributed by atoms with Crippen LogP contribution in [0.2, 0.25) is 0 Å². The Balaban J connectivity index is 2.13. The number of nitrogens with one attached hydrogen (secondary N) is 1. The number of hydrogen-bond donors (Lipinski definition) is 1. The van der Waals surface area contributed by atoms with Crippen LogP contribution in [0.25, 0.3) is 16.9 Å². The Morgan fingerprint density at radius 3 is 2.62 bits per heavy atom. The average Bonchev–Trinajstić information content (AvgIpc) is 3.17. The van der Waals surface area contributed by atoms with Gasteiger partial charge in [0.15, 0.2) is 5.65 Å². The van der Waals surface area contributed by atoms with Crippen molar-refractivity contribution >= 4 is 11.6 Å². The third-order valence-corrected chi connectivity index (χ3v) is 4.77. The van der Waals surface area contributed by atoms with Crippen LogP contribution in [-0.2, 0) is 0 Å². The number of fused-ring (bicyclic) bond motifs is 1. The molecule has 1 aromatic carbocycles. The monoisotopic (exact) mass is 398 g/mol. The maximum absolute atomic E-state index is 13.7. The molecular formula is C21H20F2N4O2. The Kier molecular flexibility index (Phi) is 5.50. The first-order valence-corrected chi connectivity index (χ1v) is 8.93. The zero-order valence-corrected chi connectivity index (χ0v) is 16.2. The molecule has 0 saturated heterocycles. The van der Waals surface area contributed by atoms with Crippen molar-refractivity contribution in [2.45, 2.75) is 32.2 Å². The van der Waals surface area contributed by atoms with Crippen LogP contribution < -0.4 is 10.1 Å². The summed E-state index contributed by atoms with van der Waals surface area (Å²) in [7, 11) is 1.53. The fraction of sp³-hybridized carbons (Fsp3) is 0.286. The number of alkyl halides is 2. The number of carbonyl (C=O) groups excluding carboxylic acids is 1. The molecule has 0 radical (unpaired) electrons. The van der Waals surface area contributed by atoms with Gasteiger partial charge in [-0.3, -0.25) is 4.79 Å². The summed E-state index contributed by atoms with van der Waals surface area (Å²) in [6, 6.07) is 8.07. The fourth-order valence-corrected chi connectivity index (χ4v) is 2.76. The number of carbonyl (C=O) groups is 1. The molecule has 0 aliphatic heterocycles. The first-order chi connectivity index (χ1) is 13.8. The minimum absolute atomic E-state index is 0.0293. The number of benzene rings is 1. The van der Waals surface area contributed by atoms with Crippen LogP contribution in [0.4, 0.5) is 8.78 Å². The van der Waals surface area contributed by atoms with Crippen molar-refractivity contribution in [2.24, 2.45) is 0 Å². The second-order valence-corrected chi connectivity index (χ2v) is 6.67. The lowest BCUT2D eigenvalue weighted by molar-refractivity contribution is 0.0925. The second kappa shape index (κ2) is 7.87. The van der Waals surface area contributed by atoms with Gasteiger partial charge in [0, 0.05) is 5.56 Å². The largest absolute Gasteiger partial charge is 0.497 e. The molecule has 8 heteroatoms. The highest BCUT2D eigenvalue weighted by Crippen LogP contribution is 2.28. The third kappa shape index (κ3) is 3.90. The van der Waals surface area contributed by atoms with Gasteiger partial charge in [-0.1, -0.05) is 12.8 Å². The first kappa shape index (κ1) is 20.3. The van der Waals surface area contributed by atoms with E-state index in [1.165, 1.54) is 19.4 Å². The molecule has 150 valence electrons. The second-order valence-electron chi connectivity index (χ2n) is 6.67. The molecule has 1 amide bonds. The van der Waals surface area contributed by atoms with Crippen LogP contribution in [0.1, 0.15) is 42.7 Å². The number of nitrogens with zero attached hydrogens (tertiary/aromatic N) is 3. The van der Waals surface area contributed by atoms with E-state index in [2.05, 4.69) is 21.3 Å². The molecule has 3 aromatic rings. The maximum atomic E-state index is 13.7. The van der Waals surface area contributed by atoms with Gasteiger partial charge >= 0.3 is 0 Å². The summed E-state index contributed by atoms with van der Waals surface area (Å²) in [4.78, 5) is 17.2. The number of rotatable bonds is 6. The normalized spacial score (nSPS) is 13.1. The number of methoxy groups -OCH3 is 1. The zero-order valence-electron chi connectivity index (χ0n) is 16.2. The lowest BCUT2D eigenvalue weighted by atomic mass is 10.00. The van der Waals surface area contributed by atoms with Crippen molar-refractivity contribution in [3.63, 3.8) is 0 Å². The highest BCUT2D eigenvalue weighted by molar-refractivity contribution is 6.00. The Labute approximate surface area is 166 Å². The quantitative estimate of drug-likeness (QED) is 0.640. The summed E-state index contributed by atoms with van der Waals surface area (Å²) in [6.45, 7) is 3.54. The van der Waals surface area contributed by atoms with Crippen LogP contribution in [-0.4, -0.2) is 33.2 Å².